The van der Waals surface area contributed by atoms with Crippen LogP contribution >= 0.6 is 22.6 Å². The second-order valence-electron chi connectivity index (χ2n) is 6.28. The number of hydrogen-bond acceptors (Lipinski definition) is 4. The van der Waals surface area contributed by atoms with Gasteiger partial charge in [-0.2, -0.15) is 0 Å². The molecule has 28 heavy (non-hydrogen) atoms. The highest BCUT2D eigenvalue weighted by Crippen LogP contribution is 2.19. The van der Waals surface area contributed by atoms with Crippen LogP contribution in [0.15, 0.2) is 48.5 Å². The van der Waals surface area contributed by atoms with E-state index in [9.17, 15) is 13.2 Å². The third kappa shape index (κ3) is 7.31. The molecule has 2 aromatic rings. The Balaban J connectivity index is 1.83. The van der Waals surface area contributed by atoms with E-state index in [1.54, 1.807) is 12.1 Å². The number of halogens is 1. The molecule has 0 heterocycles. The highest BCUT2D eigenvalue weighted by molar-refractivity contribution is 14.1. The van der Waals surface area contributed by atoms with Gasteiger partial charge in [0.2, 0.25) is 15.9 Å². The molecule has 0 aliphatic carbocycles. The van der Waals surface area contributed by atoms with Gasteiger partial charge in [-0.25, -0.2) is 8.42 Å². The number of amides is 1. The lowest BCUT2D eigenvalue weighted by atomic mass is 10.1. The predicted molar refractivity (Wildman–Crippen MR) is 120 cm³/mol. The maximum absolute atomic E-state index is 12.2. The molecule has 8 heteroatoms. The van der Waals surface area contributed by atoms with Crippen LogP contribution in [-0.2, 0) is 21.2 Å². The molecule has 0 unspecified atom stereocenters. The predicted octanol–water partition coefficient (Wildman–Crippen LogP) is 3.20. The quantitative estimate of drug-likeness (QED) is 0.389. The summed E-state index contributed by atoms with van der Waals surface area (Å²) < 4.78 is 31.7. The van der Waals surface area contributed by atoms with Crippen molar-refractivity contribution in [3.05, 3.63) is 57.7 Å². The maximum atomic E-state index is 12.2. The number of nitrogens with zero attached hydrogens (tertiary/aromatic N) is 1. The Morgan fingerprint density at radius 2 is 1.75 bits per heavy atom. The third-order valence-corrected chi connectivity index (χ3v) is 5.86. The number of rotatable bonds is 10. The number of aryl methyl sites for hydroxylation is 1. The van der Waals surface area contributed by atoms with Crippen LogP contribution in [0.1, 0.15) is 18.9 Å². The van der Waals surface area contributed by atoms with Gasteiger partial charge in [0.25, 0.3) is 0 Å². The highest BCUT2D eigenvalue weighted by atomic mass is 127. The molecule has 0 fully saturated rings. The summed E-state index contributed by atoms with van der Waals surface area (Å²) in [5.41, 5.74) is 1.64. The molecule has 0 saturated heterocycles. The van der Waals surface area contributed by atoms with Gasteiger partial charge in [-0.3, -0.25) is 9.10 Å². The zero-order valence-electron chi connectivity index (χ0n) is 16.0. The summed E-state index contributed by atoms with van der Waals surface area (Å²) in [7, 11) is -3.55. The van der Waals surface area contributed by atoms with Gasteiger partial charge in [-0.1, -0.05) is 12.1 Å². The van der Waals surface area contributed by atoms with E-state index in [4.69, 9.17) is 4.74 Å². The molecule has 2 aromatic carbocycles. The molecule has 0 bridgehead atoms. The molecule has 0 aromatic heterocycles. The lowest BCUT2D eigenvalue weighted by Crippen LogP contribution is -2.40. The fourth-order valence-electron chi connectivity index (χ4n) is 2.63. The van der Waals surface area contributed by atoms with Gasteiger partial charge in [0, 0.05) is 10.1 Å². The van der Waals surface area contributed by atoms with E-state index < -0.39 is 10.0 Å². The van der Waals surface area contributed by atoms with Crippen molar-refractivity contribution in [1.29, 1.82) is 0 Å². The van der Waals surface area contributed by atoms with Crippen molar-refractivity contribution in [2.45, 2.75) is 19.8 Å². The Bertz CT molecular complexity index is 868. The van der Waals surface area contributed by atoms with Crippen LogP contribution in [0.5, 0.6) is 5.75 Å². The number of benzene rings is 2. The van der Waals surface area contributed by atoms with E-state index >= 15 is 0 Å². The molecule has 0 saturated carbocycles. The Kier molecular flexibility index (Phi) is 8.56. The second-order valence-corrected chi connectivity index (χ2v) is 9.43. The van der Waals surface area contributed by atoms with Crippen molar-refractivity contribution < 1.29 is 17.9 Å². The van der Waals surface area contributed by atoms with E-state index in [-0.39, 0.29) is 12.5 Å². The zero-order chi connectivity index (χ0) is 20.6. The summed E-state index contributed by atoms with van der Waals surface area (Å²) in [5, 5.41) is 2.80. The van der Waals surface area contributed by atoms with Crippen molar-refractivity contribution in [3.63, 3.8) is 0 Å². The first-order chi connectivity index (χ1) is 13.3. The molecule has 0 aliphatic rings. The van der Waals surface area contributed by atoms with Crippen LogP contribution in [0.4, 0.5) is 5.69 Å². The minimum atomic E-state index is -3.55. The Hall–Kier alpha value is -1.81. The lowest BCUT2D eigenvalue weighted by molar-refractivity contribution is -0.119. The first kappa shape index (κ1) is 22.5. The molecule has 0 spiro atoms. The average Bonchev–Trinajstić information content (AvgIpc) is 2.65. The molecular formula is C20H25IN2O4S. The normalized spacial score (nSPS) is 11.1. The molecule has 1 amide bonds. The molecular weight excluding hydrogens is 491 g/mol. The molecule has 0 radical (unpaired) electrons. The molecule has 1 N–H and O–H groups in total. The summed E-state index contributed by atoms with van der Waals surface area (Å²) >= 11 is 2.15. The van der Waals surface area contributed by atoms with Crippen molar-refractivity contribution in [3.8, 4) is 5.75 Å². The van der Waals surface area contributed by atoms with Crippen LogP contribution in [-0.4, -0.2) is 40.3 Å². The molecule has 152 valence electrons. The van der Waals surface area contributed by atoms with E-state index in [0.29, 0.717) is 18.8 Å². The van der Waals surface area contributed by atoms with Crippen molar-refractivity contribution in [1.82, 2.24) is 5.32 Å². The Morgan fingerprint density at radius 3 is 2.32 bits per heavy atom. The fraction of sp³-hybridized carbons (Fsp3) is 0.350. The topological polar surface area (TPSA) is 75.7 Å². The number of carbonyl (C=O) groups is 1. The van der Waals surface area contributed by atoms with Crippen LogP contribution in [0, 0.1) is 3.57 Å². The second kappa shape index (κ2) is 10.7. The average molecular weight is 516 g/mol. The van der Waals surface area contributed by atoms with E-state index in [0.717, 1.165) is 38.3 Å². The minimum absolute atomic E-state index is 0.234. The molecule has 2 rings (SSSR count). The minimum Gasteiger partial charge on any atom is -0.494 e. The maximum Gasteiger partial charge on any atom is 0.240 e. The molecule has 0 atom stereocenters. The number of carbonyl (C=O) groups excluding carboxylic acids is 1. The zero-order valence-corrected chi connectivity index (χ0v) is 19.0. The highest BCUT2D eigenvalue weighted by Gasteiger charge is 2.20. The fourth-order valence-corrected chi connectivity index (χ4v) is 3.85. The summed E-state index contributed by atoms with van der Waals surface area (Å²) in [6, 6.07) is 14.9. The standard InChI is InChI=1S/C20H25IN2O4S/c1-3-27-19-12-6-16(7-13-19)5-4-14-22-20(24)15-23(28(2,25)26)18-10-8-17(21)9-11-18/h6-13H,3-5,14-15H2,1-2H3,(H,22,24). The number of sulfonamides is 1. The summed E-state index contributed by atoms with van der Waals surface area (Å²) in [4.78, 5) is 12.2. The van der Waals surface area contributed by atoms with E-state index in [1.165, 1.54) is 0 Å². The van der Waals surface area contributed by atoms with Gasteiger partial charge in [0.15, 0.2) is 0 Å². The largest absolute Gasteiger partial charge is 0.494 e. The molecule has 0 aliphatic heterocycles. The SMILES string of the molecule is CCOc1ccc(CCCNC(=O)CN(c2ccc(I)cc2)S(C)(=O)=O)cc1. The van der Waals surface area contributed by atoms with Crippen LogP contribution < -0.4 is 14.4 Å². The van der Waals surface area contributed by atoms with Crippen LogP contribution in [0.3, 0.4) is 0 Å². The van der Waals surface area contributed by atoms with Crippen molar-refractivity contribution >= 4 is 44.2 Å². The molecule has 6 nitrogen and oxygen atoms in total. The van der Waals surface area contributed by atoms with Gasteiger partial charge in [0.1, 0.15) is 12.3 Å². The van der Waals surface area contributed by atoms with Gasteiger partial charge < -0.3 is 10.1 Å². The van der Waals surface area contributed by atoms with Gasteiger partial charge in [-0.05, 0) is 84.3 Å². The lowest BCUT2D eigenvalue weighted by Gasteiger charge is -2.22. The summed E-state index contributed by atoms with van der Waals surface area (Å²) in [5.74, 6) is 0.520. The first-order valence-corrected chi connectivity index (χ1v) is 11.9. The third-order valence-electron chi connectivity index (χ3n) is 4.00. The van der Waals surface area contributed by atoms with Gasteiger partial charge in [-0.15, -0.1) is 0 Å². The van der Waals surface area contributed by atoms with Gasteiger partial charge >= 0.3 is 0 Å². The smallest absolute Gasteiger partial charge is 0.240 e. The number of ether oxygens (including phenoxy) is 1. The van der Waals surface area contributed by atoms with Crippen LogP contribution in [0.2, 0.25) is 0 Å². The van der Waals surface area contributed by atoms with Crippen LogP contribution in [0.25, 0.3) is 0 Å². The van der Waals surface area contributed by atoms with Crippen molar-refractivity contribution in [2.75, 3.05) is 30.3 Å². The number of hydrogen-bond donors (Lipinski definition) is 1. The summed E-state index contributed by atoms with van der Waals surface area (Å²) in [6.07, 6.45) is 2.69. The first-order valence-electron chi connectivity index (χ1n) is 9.01. The van der Waals surface area contributed by atoms with Crippen molar-refractivity contribution in [2.24, 2.45) is 0 Å². The number of anilines is 1. The summed E-state index contributed by atoms with van der Waals surface area (Å²) in [6.45, 7) is 2.83. The Labute approximate surface area is 180 Å². The Morgan fingerprint density at radius 1 is 1.11 bits per heavy atom. The van der Waals surface area contributed by atoms with E-state index in [1.807, 2.05) is 43.3 Å². The van der Waals surface area contributed by atoms with Gasteiger partial charge in [0.05, 0.1) is 18.6 Å². The van der Waals surface area contributed by atoms with E-state index in [2.05, 4.69) is 27.9 Å². The monoisotopic (exact) mass is 516 g/mol. The number of nitrogens with one attached hydrogen (secondary N) is 1.